The Labute approximate surface area is 208 Å². The molecule has 10 N–H and O–H groups in total. The molecule has 3 amide bonds. The summed E-state index contributed by atoms with van der Waals surface area (Å²) in [6.45, 7) is 1.72. The van der Waals surface area contributed by atoms with E-state index >= 15 is 0 Å². The summed E-state index contributed by atoms with van der Waals surface area (Å²) in [7, 11) is 0. The number of phenols is 1. The van der Waals surface area contributed by atoms with E-state index in [0.717, 1.165) is 0 Å². The SMILES string of the molecule is C[C@H](NC(=O)[C@H](CCC(=O)O)NC(=O)[C@@H](N)Cc1ccc(O)cc1)C(=O)N[C@@H](CCCCN)C(=O)O. The molecule has 200 valence electrons. The Morgan fingerprint density at radius 1 is 0.861 bits per heavy atom. The van der Waals surface area contributed by atoms with Crippen molar-refractivity contribution in [1.29, 1.82) is 0 Å². The summed E-state index contributed by atoms with van der Waals surface area (Å²) in [5.41, 5.74) is 12.0. The van der Waals surface area contributed by atoms with E-state index in [1.807, 2.05) is 0 Å². The van der Waals surface area contributed by atoms with Crippen LogP contribution < -0.4 is 27.4 Å². The van der Waals surface area contributed by atoms with Crippen LogP contribution in [0.4, 0.5) is 0 Å². The summed E-state index contributed by atoms with van der Waals surface area (Å²) in [5.74, 6) is -4.66. The van der Waals surface area contributed by atoms with E-state index in [9.17, 15) is 34.2 Å². The van der Waals surface area contributed by atoms with Crippen LogP contribution in [0, 0.1) is 0 Å². The molecule has 0 unspecified atom stereocenters. The minimum Gasteiger partial charge on any atom is -0.508 e. The van der Waals surface area contributed by atoms with Crippen molar-refractivity contribution in [1.82, 2.24) is 16.0 Å². The Hall–Kier alpha value is -3.71. The van der Waals surface area contributed by atoms with Crippen LogP contribution in [0.3, 0.4) is 0 Å². The molecule has 13 heteroatoms. The second kappa shape index (κ2) is 15.3. The Morgan fingerprint density at radius 2 is 1.47 bits per heavy atom. The summed E-state index contributed by atoms with van der Waals surface area (Å²) in [5, 5.41) is 34.8. The van der Waals surface area contributed by atoms with Crippen molar-refractivity contribution >= 4 is 29.7 Å². The van der Waals surface area contributed by atoms with Gasteiger partial charge >= 0.3 is 11.9 Å². The van der Waals surface area contributed by atoms with Gasteiger partial charge in [0.2, 0.25) is 17.7 Å². The minimum absolute atomic E-state index is 0.0468. The zero-order valence-corrected chi connectivity index (χ0v) is 20.1. The summed E-state index contributed by atoms with van der Waals surface area (Å²) >= 11 is 0. The number of carboxylic acids is 2. The minimum atomic E-state index is -1.30. The number of nitrogens with two attached hydrogens (primary N) is 2. The largest absolute Gasteiger partial charge is 0.508 e. The molecular formula is C23H35N5O8. The molecular weight excluding hydrogens is 474 g/mol. The standard InChI is InChI=1S/C23H35N5O8/c1-13(20(32)28-18(23(35)36)4-2-3-11-24)26-22(34)17(9-10-19(30)31)27-21(33)16(25)12-14-5-7-15(29)8-6-14/h5-8,13,16-18,29H,2-4,9-12,24-25H2,1H3,(H,26,34)(H,27,33)(H,28,32)(H,30,31)(H,35,36)/t13-,16-,17-,18-/m0/s1. The smallest absolute Gasteiger partial charge is 0.326 e. The zero-order chi connectivity index (χ0) is 27.3. The summed E-state index contributed by atoms with van der Waals surface area (Å²) in [4.78, 5) is 60.2. The number of hydrogen-bond acceptors (Lipinski definition) is 8. The first-order chi connectivity index (χ1) is 16.9. The average molecular weight is 510 g/mol. The zero-order valence-electron chi connectivity index (χ0n) is 20.1. The number of carboxylic acid groups (broad SMARTS) is 2. The normalized spacial score (nSPS) is 14.1. The first kappa shape index (κ1) is 30.3. The summed E-state index contributed by atoms with van der Waals surface area (Å²) in [6, 6.07) is 1.34. The van der Waals surface area contributed by atoms with E-state index in [1.54, 1.807) is 12.1 Å². The van der Waals surface area contributed by atoms with Crippen LogP contribution in [0.15, 0.2) is 24.3 Å². The van der Waals surface area contributed by atoms with E-state index in [4.69, 9.17) is 16.6 Å². The molecule has 1 aromatic carbocycles. The fraction of sp³-hybridized carbons (Fsp3) is 0.522. The molecule has 13 nitrogen and oxygen atoms in total. The maximum absolute atomic E-state index is 12.8. The third-order valence-corrected chi connectivity index (χ3v) is 5.32. The number of aromatic hydroxyl groups is 1. The van der Waals surface area contributed by atoms with Crippen LogP contribution in [0.2, 0.25) is 0 Å². The first-order valence-corrected chi connectivity index (χ1v) is 11.5. The van der Waals surface area contributed by atoms with E-state index in [1.165, 1.54) is 19.1 Å². The van der Waals surface area contributed by atoms with Crippen molar-refractivity contribution in [3.63, 3.8) is 0 Å². The number of benzene rings is 1. The lowest BCUT2D eigenvalue weighted by atomic mass is 10.0. The van der Waals surface area contributed by atoms with Crippen LogP contribution in [0.25, 0.3) is 0 Å². The Balaban J connectivity index is 2.78. The van der Waals surface area contributed by atoms with Crippen molar-refractivity contribution in [3.05, 3.63) is 29.8 Å². The Bertz CT molecular complexity index is 908. The lowest BCUT2D eigenvalue weighted by Crippen LogP contribution is -2.56. The molecule has 1 rings (SSSR count). The summed E-state index contributed by atoms with van der Waals surface area (Å²) < 4.78 is 0. The maximum Gasteiger partial charge on any atom is 0.326 e. The van der Waals surface area contributed by atoms with Crippen molar-refractivity contribution in [2.75, 3.05) is 6.54 Å². The van der Waals surface area contributed by atoms with Crippen molar-refractivity contribution in [3.8, 4) is 5.75 Å². The molecule has 0 heterocycles. The molecule has 0 saturated carbocycles. The van der Waals surface area contributed by atoms with Crippen LogP contribution in [0.1, 0.15) is 44.6 Å². The Morgan fingerprint density at radius 3 is 2.03 bits per heavy atom. The molecule has 0 aliphatic carbocycles. The lowest BCUT2D eigenvalue weighted by Gasteiger charge is -2.23. The number of hydrogen-bond donors (Lipinski definition) is 8. The van der Waals surface area contributed by atoms with Crippen LogP contribution in [-0.4, -0.2) is 75.7 Å². The number of amides is 3. The van der Waals surface area contributed by atoms with Crippen molar-refractivity contribution in [2.45, 2.75) is 69.6 Å². The fourth-order valence-corrected chi connectivity index (χ4v) is 3.22. The molecule has 0 aliphatic rings. The first-order valence-electron chi connectivity index (χ1n) is 11.5. The van der Waals surface area contributed by atoms with Gasteiger partial charge in [0, 0.05) is 6.42 Å². The number of nitrogens with one attached hydrogen (secondary N) is 3. The van der Waals surface area contributed by atoms with Crippen molar-refractivity contribution in [2.24, 2.45) is 11.5 Å². The van der Waals surface area contributed by atoms with Gasteiger partial charge in [-0.1, -0.05) is 12.1 Å². The molecule has 0 saturated heterocycles. The van der Waals surface area contributed by atoms with Gasteiger partial charge in [-0.15, -0.1) is 0 Å². The molecule has 36 heavy (non-hydrogen) atoms. The molecule has 0 spiro atoms. The summed E-state index contributed by atoms with van der Waals surface area (Å²) in [6.07, 6.45) is 0.639. The van der Waals surface area contributed by atoms with Gasteiger partial charge in [0.05, 0.1) is 6.04 Å². The molecule has 0 bridgehead atoms. The highest BCUT2D eigenvalue weighted by Crippen LogP contribution is 2.11. The highest BCUT2D eigenvalue weighted by atomic mass is 16.4. The van der Waals surface area contributed by atoms with Crippen LogP contribution >= 0.6 is 0 Å². The molecule has 0 radical (unpaired) electrons. The van der Waals surface area contributed by atoms with Gasteiger partial charge in [0.15, 0.2) is 0 Å². The second-order valence-corrected chi connectivity index (χ2v) is 8.38. The monoisotopic (exact) mass is 509 g/mol. The number of phenolic OH excluding ortho intramolecular Hbond substituents is 1. The second-order valence-electron chi connectivity index (χ2n) is 8.38. The highest BCUT2D eigenvalue weighted by Gasteiger charge is 2.28. The average Bonchev–Trinajstić information content (AvgIpc) is 2.81. The van der Waals surface area contributed by atoms with Gasteiger partial charge in [-0.3, -0.25) is 19.2 Å². The van der Waals surface area contributed by atoms with E-state index in [0.29, 0.717) is 24.9 Å². The highest BCUT2D eigenvalue weighted by molar-refractivity contribution is 5.94. The number of carbonyl (C=O) groups is 5. The lowest BCUT2D eigenvalue weighted by molar-refractivity contribution is -0.142. The van der Waals surface area contributed by atoms with Crippen LogP contribution in [0.5, 0.6) is 5.75 Å². The predicted octanol–water partition coefficient (Wildman–Crippen LogP) is -1.19. The molecule has 0 fully saturated rings. The van der Waals surface area contributed by atoms with Crippen molar-refractivity contribution < 1.29 is 39.3 Å². The van der Waals surface area contributed by atoms with Gasteiger partial charge in [-0.25, -0.2) is 4.79 Å². The quantitative estimate of drug-likeness (QED) is 0.124. The van der Waals surface area contributed by atoms with Gasteiger partial charge in [-0.2, -0.15) is 0 Å². The Kier molecular flexibility index (Phi) is 12.9. The van der Waals surface area contributed by atoms with Gasteiger partial charge < -0.3 is 42.7 Å². The van der Waals surface area contributed by atoms with E-state index < -0.39 is 60.2 Å². The van der Waals surface area contributed by atoms with Gasteiger partial charge in [0.1, 0.15) is 23.9 Å². The number of carbonyl (C=O) groups excluding carboxylic acids is 3. The van der Waals surface area contributed by atoms with E-state index in [2.05, 4.69) is 16.0 Å². The third kappa shape index (κ3) is 11.1. The number of aliphatic carboxylic acids is 2. The third-order valence-electron chi connectivity index (χ3n) is 5.32. The fourth-order valence-electron chi connectivity index (χ4n) is 3.22. The van der Waals surface area contributed by atoms with E-state index in [-0.39, 0.29) is 25.0 Å². The number of unbranched alkanes of at least 4 members (excludes halogenated alkanes) is 1. The number of rotatable bonds is 16. The molecule has 4 atom stereocenters. The molecule has 1 aromatic rings. The van der Waals surface area contributed by atoms with Gasteiger partial charge in [-0.05, 0) is 63.3 Å². The topological polar surface area (TPSA) is 234 Å². The van der Waals surface area contributed by atoms with Gasteiger partial charge in [0.25, 0.3) is 0 Å². The molecule has 0 aromatic heterocycles. The predicted molar refractivity (Wildman–Crippen MR) is 129 cm³/mol. The maximum atomic E-state index is 12.8. The van der Waals surface area contributed by atoms with Crippen LogP contribution in [-0.2, 0) is 30.4 Å². The molecule has 0 aliphatic heterocycles.